The number of para-hydroxylation sites is 1. The molecule has 5 rings (SSSR count). The van der Waals surface area contributed by atoms with Gasteiger partial charge in [-0.2, -0.15) is 0 Å². The lowest BCUT2D eigenvalue weighted by Gasteiger charge is -2.31. The predicted octanol–water partition coefficient (Wildman–Crippen LogP) is 4.55. The Kier molecular flexibility index (Phi) is 6.48. The Hall–Kier alpha value is -4.13. The number of amides is 2. The number of hydrogen-bond acceptors (Lipinski definition) is 5. The minimum atomic E-state index is -0.480. The number of likely N-dealkylation sites (tertiary alicyclic amines) is 1. The first kappa shape index (κ1) is 22.7. The summed E-state index contributed by atoms with van der Waals surface area (Å²) in [6.45, 7) is 0.611. The van der Waals surface area contributed by atoms with E-state index in [1.54, 1.807) is 11.2 Å². The maximum atomic E-state index is 12.6. The zero-order chi connectivity index (χ0) is 24.2. The van der Waals surface area contributed by atoms with Gasteiger partial charge in [-0.3, -0.25) is 14.4 Å². The molecule has 1 aliphatic heterocycles. The van der Waals surface area contributed by atoms with E-state index in [1.165, 1.54) is 0 Å². The molecule has 1 fully saturated rings. The Morgan fingerprint density at radius 3 is 2.49 bits per heavy atom. The van der Waals surface area contributed by atoms with Crippen LogP contribution < -0.4 is 5.32 Å². The zero-order valence-corrected chi connectivity index (χ0v) is 19.2. The van der Waals surface area contributed by atoms with E-state index in [1.807, 2.05) is 66.7 Å². The third-order valence-electron chi connectivity index (χ3n) is 6.49. The summed E-state index contributed by atoms with van der Waals surface area (Å²) in [5.41, 5.74) is 2.21. The molecule has 3 aromatic carbocycles. The molecular formula is C28H26N2O5. The van der Waals surface area contributed by atoms with Crippen LogP contribution in [0.3, 0.4) is 0 Å². The number of furan rings is 1. The number of carbonyl (C=O) groups is 3. The number of esters is 1. The second kappa shape index (κ2) is 10.0. The van der Waals surface area contributed by atoms with E-state index in [0.717, 1.165) is 27.4 Å². The maximum absolute atomic E-state index is 12.6. The van der Waals surface area contributed by atoms with Gasteiger partial charge < -0.3 is 19.4 Å². The van der Waals surface area contributed by atoms with Crippen molar-refractivity contribution in [3.05, 3.63) is 78.6 Å². The third kappa shape index (κ3) is 5.04. The highest BCUT2D eigenvalue weighted by Gasteiger charge is 2.28. The third-order valence-corrected chi connectivity index (χ3v) is 6.49. The van der Waals surface area contributed by atoms with Crippen LogP contribution in [0.1, 0.15) is 18.4 Å². The van der Waals surface area contributed by atoms with Gasteiger partial charge in [0, 0.05) is 35.6 Å². The van der Waals surface area contributed by atoms with Gasteiger partial charge in [0.2, 0.25) is 5.91 Å². The first-order chi connectivity index (χ1) is 17.1. The standard InChI is InChI=1S/C28H26N2O5/c31-25(30-14-12-20(13-15-30)28(33)29-22-7-2-1-3-8-22)18-35-26(32)16-21-17-34-24-11-10-19-6-4-5-9-23(19)27(21)24/h1-11,17,20H,12-16,18H2,(H,29,33). The summed E-state index contributed by atoms with van der Waals surface area (Å²) < 4.78 is 10.9. The lowest BCUT2D eigenvalue weighted by molar-refractivity contribution is -0.152. The van der Waals surface area contributed by atoms with Gasteiger partial charge in [0.15, 0.2) is 6.61 Å². The van der Waals surface area contributed by atoms with Crippen LogP contribution in [0.15, 0.2) is 77.4 Å². The van der Waals surface area contributed by atoms with Crippen molar-refractivity contribution in [3.63, 3.8) is 0 Å². The molecule has 178 valence electrons. The molecule has 0 spiro atoms. The number of benzene rings is 3. The minimum absolute atomic E-state index is 0.0238. The first-order valence-corrected chi connectivity index (χ1v) is 11.8. The van der Waals surface area contributed by atoms with Gasteiger partial charge in [-0.15, -0.1) is 0 Å². The summed E-state index contributed by atoms with van der Waals surface area (Å²) >= 11 is 0. The fourth-order valence-corrected chi connectivity index (χ4v) is 4.60. The van der Waals surface area contributed by atoms with Crippen molar-refractivity contribution in [2.45, 2.75) is 19.3 Å². The molecular weight excluding hydrogens is 444 g/mol. The molecule has 1 aliphatic rings. The van der Waals surface area contributed by atoms with Crippen LogP contribution in [0.2, 0.25) is 0 Å². The van der Waals surface area contributed by atoms with E-state index in [0.29, 0.717) is 31.5 Å². The SMILES string of the molecule is O=C(Cc1coc2ccc3ccccc3c12)OCC(=O)N1CCC(C(=O)Nc2ccccc2)CC1. The summed E-state index contributed by atoms with van der Waals surface area (Å²) in [7, 11) is 0. The van der Waals surface area contributed by atoms with Gasteiger partial charge in [-0.05, 0) is 41.8 Å². The molecule has 0 atom stereocenters. The maximum Gasteiger partial charge on any atom is 0.310 e. The van der Waals surface area contributed by atoms with Crippen molar-refractivity contribution in [2.24, 2.45) is 5.92 Å². The monoisotopic (exact) mass is 470 g/mol. The summed E-state index contributed by atoms with van der Waals surface area (Å²) in [6.07, 6.45) is 2.75. The number of fused-ring (bicyclic) bond motifs is 3. The number of piperidine rings is 1. The van der Waals surface area contributed by atoms with Crippen molar-refractivity contribution in [2.75, 3.05) is 25.0 Å². The van der Waals surface area contributed by atoms with Crippen molar-refractivity contribution >= 4 is 45.2 Å². The average molecular weight is 471 g/mol. The molecule has 35 heavy (non-hydrogen) atoms. The number of nitrogens with zero attached hydrogens (tertiary/aromatic N) is 1. The van der Waals surface area contributed by atoms with Crippen molar-refractivity contribution in [1.82, 2.24) is 4.90 Å². The number of nitrogens with one attached hydrogen (secondary N) is 1. The molecule has 0 unspecified atom stereocenters. The molecule has 1 saturated heterocycles. The van der Waals surface area contributed by atoms with E-state index < -0.39 is 5.97 Å². The summed E-state index contributed by atoms with van der Waals surface area (Å²) in [5, 5.41) is 5.88. The smallest absolute Gasteiger partial charge is 0.310 e. The average Bonchev–Trinajstić information content (AvgIpc) is 3.31. The van der Waals surface area contributed by atoms with Crippen LogP contribution in [-0.4, -0.2) is 42.4 Å². The molecule has 1 aromatic heterocycles. The highest BCUT2D eigenvalue weighted by atomic mass is 16.5. The van der Waals surface area contributed by atoms with Gasteiger partial charge in [0.05, 0.1) is 12.7 Å². The number of carbonyl (C=O) groups excluding carboxylic acids is 3. The fraction of sp³-hybridized carbons (Fsp3) is 0.250. The Labute approximate surface area is 202 Å². The molecule has 0 saturated carbocycles. The summed E-state index contributed by atoms with van der Waals surface area (Å²) in [4.78, 5) is 39.2. The molecule has 7 nitrogen and oxygen atoms in total. The van der Waals surface area contributed by atoms with E-state index in [9.17, 15) is 14.4 Å². The number of anilines is 1. The van der Waals surface area contributed by atoms with E-state index >= 15 is 0 Å². The van der Waals surface area contributed by atoms with E-state index in [-0.39, 0.29) is 30.8 Å². The van der Waals surface area contributed by atoms with Crippen LogP contribution in [-0.2, 0) is 25.5 Å². The Balaban J connectivity index is 1.12. The van der Waals surface area contributed by atoms with Gasteiger partial charge in [0.1, 0.15) is 5.58 Å². The van der Waals surface area contributed by atoms with Crippen LogP contribution in [0.25, 0.3) is 21.7 Å². The molecule has 0 bridgehead atoms. The molecule has 0 radical (unpaired) electrons. The second-order valence-electron chi connectivity index (χ2n) is 8.77. The first-order valence-electron chi connectivity index (χ1n) is 11.8. The predicted molar refractivity (Wildman–Crippen MR) is 133 cm³/mol. The van der Waals surface area contributed by atoms with Crippen molar-refractivity contribution in [3.8, 4) is 0 Å². The van der Waals surface area contributed by atoms with Crippen LogP contribution >= 0.6 is 0 Å². The van der Waals surface area contributed by atoms with Crippen LogP contribution in [0.5, 0.6) is 0 Å². The topological polar surface area (TPSA) is 88.8 Å². The minimum Gasteiger partial charge on any atom is -0.464 e. The van der Waals surface area contributed by atoms with Gasteiger partial charge in [-0.25, -0.2) is 0 Å². The van der Waals surface area contributed by atoms with Gasteiger partial charge in [-0.1, -0.05) is 48.5 Å². The highest BCUT2D eigenvalue weighted by molar-refractivity contribution is 6.08. The Bertz CT molecular complexity index is 1370. The quantitative estimate of drug-likeness (QED) is 0.418. The normalized spacial score (nSPS) is 14.2. The molecule has 0 aliphatic carbocycles. The molecule has 2 heterocycles. The van der Waals surface area contributed by atoms with Crippen LogP contribution in [0.4, 0.5) is 5.69 Å². The fourth-order valence-electron chi connectivity index (χ4n) is 4.60. The molecule has 4 aromatic rings. The van der Waals surface area contributed by atoms with E-state index in [4.69, 9.17) is 9.15 Å². The Morgan fingerprint density at radius 2 is 1.69 bits per heavy atom. The number of hydrogen-bond donors (Lipinski definition) is 1. The zero-order valence-electron chi connectivity index (χ0n) is 19.2. The summed E-state index contributed by atoms with van der Waals surface area (Å²) in [6, 6.07) is 21.1. The van der Waals surface area contributed by atoms with Crippen LogP contribution in [0, 0.1) is 5.92 Å². The van der Waals surface area contributed by atoms with Crippen molar-refractivity contribution < 1.29 is 23.5 Å². The number of rotatable bonds is 6. The molecule has 2 amide bonds. The largest absolute Gasteiger partial charge is 0.464 e. The summed E-state index contributed by atoms with van der Waals surface area (Å²) in [5.74, 6) is -0.908. The molecule has 1 N–H and O–H groups in total. The van der Waals surface area contributed by atoms with Gasteiger partial charge >= 0.3 is 5.97 Å². The number of ether oxygens (including phenoxy) is 1. The second-order valence-corrected chi connectivity index (χ2v) is 8.77. The van der Waals surface area contributed by atoms with Crippen molar-refractivity contribution in [1.29, 1.82) is 0 Å². The van der Waals surface area contributed by atoms with E-state index in [2.05, 4.69) is 5.32 Å². The lowest BCUT2D eigenvalue weighted by atomic mass is 9.95. The highest BCUT2D eigenvalue weighted by Crippen LogP contribution is 2.30. The Morgan fingerprint density at radius 1 is 0.943 bits per heavy atom. The molecule has 7 heteroatoms. The van der Waals surface area contributed by atoms with Gasteiger partial charge in [0.25, 0.3) is 5.91 Å². The lowest BCUT2D eigenvalue weighted by Crippen LogP contribution is -2.43.